The van der Waals surface area contributed by atoms with Crippen molar-refractivity contribution in [2.24, 2.45) is 5.41 Å². The quantitative estimate of drug-likeness (QED) is 0.465. The number of hydrogen-bond donors (Lipinski definition) is 4. The third-order valence-electron chi connectivity index (χ3n) is 2.15. The van der Waals surface area contributed by atoms with E-state index in [1.54, 1.807) is 0 Å². The van der Waals surface area contributed by atoms with E-state index in [4.69, 9.17) is 20.4 Å². The number of aliphatic carboxylic acids is 3. The lowest BCUT2D eigenvalue weighted by atomic mass is 9.83. The molecule has 104 valence electrons. The molecule has 0 atom stereocenters. The van der Waals surface area contributed by atoms with Crippen LogP contribution < -0.4 is 0 Å². The molecule has 0 unspecified atom stereocenters. The van der Waals surface area contributed by atoms with Gasteiger partial charge < -0.3 is 20.4 Å². The number of aliphatic hydroxyl groups is 1. The van der Waals surface area contributed by atoms with Gasteiger partial charge in [-0.1, -0.05) is 18.2 Å². The predicted octanol–water partition coefficient (Wildman–Crippen LogP) is 0.278. The Hall–Kier alpha value is -2.41. The number of carboxylic acid groups (broad SMARTS) is 3. The zero-order valence-electron chi connectivity index (χ0n) is 9.89. The average molecular weight is 270 g/mol. The van der Waals surface area contributed by atoms with Crippen LogP contribution in [0.5, 0.6) is 0 Å². The summed E-state index contributed by atoms with van der Waals surface area (Å²) in [5, 5.41) is 34.7. The Morgan fingerprint density at radius 3 is 1.32 bits per heavy atom. The fourth-order valence-corrected chi connectivity index (χ4v) is 1.29. The maximum atomic E-state index is 10.5. The van der Waals surface area contributed by atoms with Crippen LogP contribution in [0.2, 0.25) is 0 Å². The summed E-state index contributed by atoms with van der Waals surface area (Å²) in [6, 6.07) is 0. The molecule has 19 heavy (non-hydrogen) atoms. The maximum Gasteiger partial charge on any atom is 0.328 e. The molecule has 0 amide bonds. The van der Waals surface area contributed by atoms with Crippen molar-refractivity contribution in [1.82, 2.24) is 0 Å². The highest BCUT2D eigenvalue weighted by Crippen LogP contribution is 2.28. The first-order valence-electron chi connectivity index (χ1n) is 5.19. The monoisotopic (exact) mass is 270 g/mol. The van der Waals surface area contributed by atoms with Crippen LogP contribution in [0.4, 0.5) is 0 Å². The van der Waals surface area contributed by atoms with Crippen LogP contribution in [0.25, 0.3) is 0 Å². The number of carboxylic acids is 3. The molecular weight excluding hydrogens is 256 g/mol. The highest BCUT2D eigenvalue weighted by Gasteiger charge is 2.21. The number of allylic oxidation sites excluding steroid dienone is 3. The number of rotatable bonds is 8. The summed E-state index contributed by atoms with van der Waals surface area (Å²) in [5.41, 5.74) is -1.29. The fourth-order valence-electron chi connectivity index (χ4n) is 1.29. The molecule has 0 saturated heterocycles. The standard InChI is InChI=1S/C12H14O7/c13-8-7-12(4-1-9(14)15,5-2-10(16)17)6-3-11(18)19/h1-6,13H,7-8H2,(H,14,15)(H,16,17)(H,18,19). The summed E-state index contributed by atoms with van der Waals surface area (Å²) >= 11 is 0. The van der Waals surface area contributed by atoms with Crippen molar-refractivity contribution in [2.75, 3.05) is 6.61 Å². The van der Waals surface area contributed by atoms with E-state index in [1.165, 1.54) is 0 Å². The number of hydrogen-bond acceptors (Lipinski definition) is 4. The van der Waals surface area contributed by atoms with Crippen molar-refractivity contribution >= 4 is 17.9 Å². The van der Waals surface area contributed by atoms with Crippen LogP contribution in [-0.2, 0) is 14.4 Å². The van der Waals surface area contributed by atoms with Gasteiger partial charge in [0.25, 0.3) is 0 Å². The molecule has 0 fully saturated rings. The zero-order chi connectivity index (χ0) is 14.9. The van der Waals surface area contributed by atoms with Crippen LogP contribution in [0, 0.1) is 5.41 Å². The van der Waals surface area contributed by atoms with Crippen LogP contribution in [0.3, 0.4) is 0 Å². The lowest BCUT2D eigenvalue weighted by Crippen LogP contribution is -2.16. The molecule has 4 N–H and O–H groups in total. The molecule has 0 aliphatic carbocycles. The Morgan fingerprint density at radius 2 is 1.11 bits per heavy atom. The van der Waals surface area contributed by atoms with E-state index in [1.807, 2.05) is 0 Å². The molecule has 0 heterocycles. The van der Waals surface area contributed by atoms with Crippen LogP contribution in [0.1, 0.15) is 6.42 Å². The smallest absolute Gasteiger partial charge is 0.328 e. The Bertz CT molecular complexity index is 372. The third-order valence-corrected chi connectivity index (χ3v) is 2.15. The minimum absolute atomic E-state index is 0.0513. The van der Waals surface area contributed by atoms with E-state index >= 15 is 0 Å². The normalized spacial score (nSPS) is 15.0. The highest BCUT2D eigenvalue weighted by atomic mass is 16.4. The molecule has 0 spiro atoms. The van der Waals surface area contributed by atoms with Crippen LogP contribution >= 0.6 is 0 Å². The SMILES string of the molecule is O=C(O)C=CC(C=CC(=O)O)(C=CC(=O)O)CCO. The lowest BCUT2D eigenvalue weighted by molar-refractivity contribution is -0.132. The second kappa shape index (κ2) is 7.83. The van der Waals surface area contributed by atoms with Gasteiger partial charge in [0.1, 0.15) is 0 Å². The van der Waals surface area contributed by atoms with Crippen molar-refractivity contribution in [3.8, 4) is 0 Å². The molecule has 7 nitrogen and oxygen atoms in total. The molecule has 0 rings (SSSR count). The van der Waals surface area contributed by atoms with Crippen molar-refractivity contribution in [3.63, 3.8) is 0 Å². The van der Waals surface area contributed by atoms with Gasteiger partial charge in [-0.05, 0) is 6.42 Å². The molecule has 0 saturated carbocycles. The van der Waals surface area contributed by atoms with Gasteiger partial charge in [-0.25, -0.2) is 14.4 Å². The van der Waals surface area contributed by atoms with E-state index in [-0.39, 0.29) is 13.0 Å². The summed E-state index contributed by atoms with van der Waals surface area (Å²) in [6.07, 6.45) is 5.57. The lowest BCUT2D eigenvalue weighted by Gasteiger charge is -2.21. The van der Waals surface area contributed by atoms with Gasteiger partial charge in [0, 0.05) is 30.2 Å². The summed E-state index contributed by atoms with van der Waals surface area (Å²) in [4.78, 5) is 31.5. The molecule has 0 bridgehead atoms. The summed E-state index contributed by atoms with van der Waals surface area (Å²) in [5.74, 6) is -3.81. The molecule has 0 aromatic heterocycles. The highest BCUT2D eigenvalue weighted by molar-refractivity contribution is 5.82. The van der Waals surface area contributed by atoms with Crippen LogP contribution in [0.15, 0.2) is 36.5 Å². The first-order valence-corrected chi connectivity index (χ1v) is 5.19. The fraction of sp³-hybridized carbons (Fsp3) is 0.250. The van der Waals surface area contributed by atoms with Gasteiger partial charge in [0.05, 0.1) is 0 Å². The Kier molecular flexibility index (Phi) is 6.83. The number of aliphatic hydroxyl groups excluding tert-OH is 1. The van der Waals surface area contributed by atoms with E-state index in [2.05, 4.69) is 0 Å². The van der Waals surface area contributed by atoms with Gasteiger partial charge >= 0.3 is 17.9 Å². The van der Waals surface area contributed by atoms with Gasteiger partial charge in [-0.3, -0.25) is 0 Å². The summed E-state index contributed by atoms with van der Waals surface area (Å²) < 4.78 is 0. The van der Waals surface area contributed by atoms with Gasteiger partial charge in [-0.15, -0.1) is 0 Å². The van der Waals surface area contributed by atoms with Gasteiger partial charge in [0.15, 0.2) is 0 Å². The minimum atomic E-state index is -1.29. The second-order valence-corrected chi connectivity index (χ2v) is 3.60. The Labute approximate surface area is 108 Å². The molecule has 7 heteroatoms. The van der Waals surface area contributed by atoms with Crippen LogP contribution in [-0.4, -0.2) is 44.9 Å². The van der Waals surface area contributed by atoms with Gasteiger partial charge in [-0.2, -0.15) is 0 Å². The van der Waals surface area contributed by atoms with Crippen molar-refractivity contribution in [3.05, 3.63) is 36.5 Å². The largest absolute Gasteiger partial charge is 0.478 e. The second-order valence-electron chi connectivity index (χ2n) is 3.60. The molecular formula is C12H14O7. The van der Waals surface area contributed by atoms with E-state index in [9.17, 15) is 14.4 Å². The molecule has 0 aliphatic heterocycles. The van der Waals surface area contributed by atoms with E-state index in [0.717, 1.165) is 36.5 Å². The predicted molar refractivity (Wildman–Crippen MR) is 64.5 cm³/mol. The molecule has 0 aromatic rings. The minimum Gasteiger partial charge on any atom is -0.478 e. The average Bonchev–Trinajstić information content (AvgIpc) is 2.31. The number of carbonyl (C=O) groups is 3. The molecule has 0 radical (unpaired) electrons. The Morgan fingerprint density at radius 1 is 0.789 bits per heavy atom. The van der Waals surface area contributed by atoms with E-state index in [0.29, 0.717) is 0 Å². The van der Waals surface area contributed by atoms with Crippen molar-refractivity contribution in [1.29, 1.82) is 0 Å². The maximum absolute atomic E-state index is 10.5. The van der Waals surface area contributed by atoms with E-state index < -0.39 is 23.3 Å². The Balaban J connectivity index is 5.50. The topological polar surface area (TPSA) is 132 Å². The first-order chi connectivity index (χ1) is 8.81. The molecule has 0 aliphatic rings. The zero-order valence-corrected chi connectivity index (χ0v) is 9.89. The molecule has 0 aromatic carbocycles. The first kappa shape index (κ1) is 16.6. The van der Waals surface area contributed by atoms with Crippen molar-refractivity contribution in [2.45, 2.75) is 6.42 Å². The van der Waals surface area contributed by atoms with Gasteiger partial charge in [0.2, 0.25) is 0 Å². The summed E-state index contributed by atoms with van der Waals surface area (Å²) in [7, 11) is 0. The summed E-state index contributed by atoms with van der Waals surface area (Å²) in [6.45, 7) is -0.377. The third kappa shape index (κ3) is 7.50. The van der Waals surface area contributed by atoms with Crippen molar-refractivity contribution < 1.29 is 34.8 Å².